The Kier molecular flexibility index (Phi) is 3.29. The highest BCUT2D eigenvalue weighted by atomic mass is 16.2. The van der Waals surface area contributed by atoms with Crippen molar-refractivity contribution in [3.05, 3.63) is 0 Å². The molecule has 0 aromatic carbocycles. The van der Waals surface area contributed by atoms with Gasteiger partial charge >= 0.3 is 0 Å². The average molecular weight is 219 g/mol. The standard InChI is InChI=1S/C11H13N3O2/c1-3-11(4-2)7(5-12)9(15)14-10(16)8(11)6-13/h7-8H,3-4H2,1-2H3,(H,14,15,16). The minimum Gasteiger partial charge on any atom is -0.294 e. The van der Waals surface area contributed by atoms with E-state index >= 15 is 0 Å². The van der Waals surface area contributed by atoms with Gasteiger partial charge in [0.1, 0.15) is 11.8 Å². The fourth-order valence-corrected chi connectivity index (χ4v) is 2.40. The van der Waals surface area contributed by atoms with Crippen LogP contribution in [0.4, 0.5) is 0 Å². The molecule has 2 amide bonds. The topological polar surface area (TPSA) is 93.8 Å². The number of nitrogens with zero attached hydrogens (tertiary/aromatic N) is 2. The second-order valence-electron chi connectivity index (χ2n) is 3.92. The molecule has 0 aromatic rings. The first-order valence-electron chi connectivity index (χ1n) is 5.21. The predicted octanol–water partition coefficient (Wildman–Crippen LogP) is 0.729. The summed E-state index contributed by atoms with van der Waals surface area (Å²) in [6.45, 7) is 3.59. The van der Waals surface area contributed by atoms with Gasteiger partial charge in [-0.1, -0.05) is 13.8 Å². The highest BCUT2D eigenvalue weighted by Gasteiger charge is 2.54. The number of nitrogens with one attached hydrogen (secondary N) is 1. The van der Waals surface area contributed by atoms with Crippen molar-refractivity contribution in [2.24, 2.45) is 17.3 Å². The Labute approximate surface area is 94.0 Å². The van der Waals surface area contributed by atoms with E-state index in [-0.39, 0.29) is 0 Å². The Bertz CT molecular complexity index is 364. The smallest absolute Gasteiger partial charge is 0.244 e. The van der Waals surface area contributed by atoms with Crippen LogP contribution in [-0.4, -0.2) is 11.8 Å². The van der Waals surface area contributed by atoms with E-state index in [1.807, 2.05) is 12.1 Å². The monoisotopic (exact) mass is 219 g/mol. The van der Waals surface area contributed by atoms with Gasteiger partial charge in [-0.15, -0.1) is 0 Å². The first kappa shape index (κ1) is 12.2. The molecule has 84 valence electrons. The number of amides is 2. The zero-order chi connectivity index (χ0) is 12.3. The SMILES string of the molecule is CCC1(CC)C(C#N)C(=O)NC(=O)C1C#N. The largest absolute Gasteiger partial charge is 0.294 e. The molecule has 0 aromatic heterocycles. The van der Waals surface area contributed by atoms with E-state index in [9.17, 15) is 9.59 Å². The summed E-state index contributed by atoms with van der Waals surface area (Å²) in [5.41, 5.74) is -0.844. The molecule has 16 heavy (non-hydrogen) atoms. The van der Waals surface area contributed by atoms with Gasteiger partial charge in [-0.2, -0.15) is 10.5 Å². The highest BCUT2D eigenvalue weighted by Crippen LogP contribution is 2.44. The molecule has 0 radical (unpaired) electrons. The summed E-state index contributed by atoms with van der Waals surface area (Å²) in [6, 6.07) is 3.83. The molecule has 1 heterocycles. The van der Waals surface area contributed by atoms with E-state index in [4.69, 9.17) is 10.5 Å². The summed E-state index contributed by atoms with van der Waals surface area (Å²) in [7, 11) is 0. The third kappa shape index (κ3) is 1.45. The molecule has 1 aliphatic heterocycles. The average Bonchev–Trinajstić information content (AvgIpc) is 2.27. The van der Waals surface area contributed by atoms with E-state index in [1.165, 1.54) is 0 Å². The van der Waals surface area contributed by atoms with Gasteiger partial charge in [-0.3, -0.25) is 14.9 Å². The molecule has 2 unspecified atom stereocenters. The van der Waals surface area contributed by atoms with Gasteiger partial charge in [0.15, 0.2) is 0 Å². The van der Waals surface area contributed by atoms with E-state index in [0.29, 0.717) is 12.8 Å². The van der Waals surface area contributed by atoms with Crippen LogP contribution in [-0.2, 0) is 9.59 Å². The van der Waals surface area contributed by atoms with Gasteiger partial charge in [0.05, 0.1) is 12.1 Å². The zero-order valence-electron chi connectivity index (χ0n) is 9.28. The molecule has 1 fully saturated rings. The van der Waals surface area contributed by atoms with Crippen LogP contribution in [0, 0.1) is 39.9 Å². The molecule has 5 heteroatoms. The molecule has 1 rings (SSSR count). The minimum absolute atomic E-state index is 0.457. The molecule has 1 N–H and O–H groups in total. The number of carbonyl (C=O) groups is 2. The van der Waals surface area contributed by atoms with Crippen molar-refractivity contribution in [1.82, 2.24) is 5.32 Å². The second kappa shape index (κ2) is 4.32. The maximum absolute atomic E-state index is 11.6. The molecular formula is C11H13N3O2. The van der Waals surface area contributed by atoms with Crippen molar-refractivity contribution in [1.29, 1.82) is 10.5 Å². The minimum atomic E-state index is -0.926. The molecule has 2 atom stereocenters. The maximum atomic E-state index is 11.6. The second-order valence-corrected chi connectivity index (χ2v) is 3.92. The normalized spacial score (nSPS) is 27.8. The Morgan fingerprint density at radius 1 is 1.12 bits per heavy atom. The van der Waals surface area contributed by atoms with Gasteiger partial charge in [0.2, 0.25) is 11.8 Å². The molecule has 0 saturated carbocycles. The Balaban J connectivity index is 3.32. The molecule has 5 nitrogen and oxygen atoms in total. The molecule has 0 bridgehead atoms. The molecular weight excluding hydrogens is 206 g/mol. The van der Waals surface area contributed by atoms with Crippen LogP contribution >= 0.6 is 0 Å². The lowest BCUT2D eigenvalue weighted by atomic mass is 9.61. The third-order valence-corrected chi connectivity index (χ3v) is 3.50. The highest BCUT2D eigenvalue weighted by molar-refractivity contribution is 6.03. The van der Waals surface area contributed by atoms with Crippen molar-refractivity contribution >= 4 is 11.8 Å². The molecule has 0 spiro atoms. The third-order valence-electron chi connectivity index (χ3n) is 3.50. The van der Waals surface area contributed by atoms with E-state index in [0.717, 1.165) is 0 Å². The Morgan fingerprint density at radius 2 is 1.50 bits per heavy atom. The number of piperidine rings is 1. The Hall–Kier alpha value is -1.88. The lowest BCUT2D eigenvalue weighted by Crippen LogP contribution is -2.57. The van der Waals surface area contributed by atoms with Crippen molar-refractivity contribution in [3.8, 4) is 12.1 Å². The van der Waals surface area contributed by atoms with Crippen LogP contribution in [0.2, 0.25) is 0 Å². The summed E-state index contributed by atoms with van der Waals surface area (Å²) in [5.74, 6) is -3.01. The number of carbonyl (C=O) groups excluding carboxylic acids is 2. The van der Waals surface area contributed by atoms with Crippen LogP contribution < -0.4 is 5.32 Å². The lowest BCUT2D eigenvalue weighted by molar-refractivity contribution is -0.145. The van der Waals surface area contributed by atoms with E-state index in [2.05, 4.69) is 5.32 Å². The van der Waals surface area contributed by atoms with Crippen LogP contribution in [0.3, 0.4) is 0 Å². The first-order valence-corrected chi connectivity index (χ1v) is 5.21. The maximum Gasteiger partial charge on any atom is 0.244 e. The van der Waals surface area contributed by atoms with E-state index < -0.39 is 29.1 Å². The van der Waals surface area contributed by atoms with Gasteiger partial charge in [-0.25, -0.2) is 0 Å². The Morgan fingerprint density at radius 3 is 1.75 bits per heavy atom. The number of hydrogen-bond donors (Lipinski definition) is 1. The number of hydrogen-bond acceptors (Lipinski definition) is 4. The lowest BCUT2D eigenvalue weighted by Gasteiger charge is -2.41. The van der Waals surface area contributed by atoms with Crippen LogP contribution in [0.1, 0.15) is 26.7 Å². The predicted molar refractivity (Wildman–Crippen MR) is 54.4 cm³/mol. The number of imide groups is 1. The summed E-state index contributed by atoms with van der Waals surface area (Å²) >= 11 is 0. The van der Waals surface area contributed by atoms with Crippen LogP contribution in [0.25, 0.3) is 0 Å². The van der Waals surface area contributed by atoms with Crippen molar-refractivity contribution in [3.63, 3.8) is 0 Å². The van der Waals surface area contributed by atoms with Crippen LogP contribution in [0.5, 0.6) is 0 Å². The van der Waals surface area contributed by atoms with Crippen molar-refractivity contribution < 1.29 is 9.59 Å². The van der Waals surface area contributed by atoms with Crippen LogP contribution in [0.15, 0.2) is 0 Å². The van der Waals surface area contributed by atoms with Gasteiger partial charge in [0, 0.05) is 5.41 Å². The zero-order valence-corrected chi connectivity index (χ0v) is 9.28. The summed E-state index contributed by atoms with van der Waals surface area (Å²) in [4.78, 5) is 23.1. The fourth-order valence-electron chi connectivity index (χ4n) is 2.40. The molecule has 1 saturated heterocycles. The first-order chi connectivity index (χ1) is 7.57. The van der Waals surface area contributed by atoms with Gasteiger partial charge < -0.3 is 0 Å². The van der Waals surface area contributed by atoms with Crippen molar-refractivity contribution in [2.75, 3.05) is 0 Å². The molecule has 0 aliphatic carbocycles. The molecule has 1 aliphatic rings. The van der Waals surface area contributed by atoms with E-state index in [1.54, 1.807) is 13.8 Å². The summed E-state index contributed by atoms with van der Waals surface area (Å²) in [5, 5.41) is 20.1. The number of nitriles is 2. The fraction of sp³-hybridized carbons (Fsp3) is 0.636. The number of rotatable bonds is 2. The van der Waals surface area contributed by atoms with Gasteiger partial charge in [0.25, 0.3) is 0 Å². The van der Waals surface area contributed by atoms with Crippen molar-refractivity contribution in [2.45, 2.75) is 26.7 Å². The summed E-state index contributed by atoms with van der Waals surface area (Å²) < 4.78 is 0. The summed E-state index contributed by atoms with van der Waals surface area (Å²) in [6.07, 6.45) is 0.915. The quantitative estimate of drug-likeness (QED) is 0.692. The van der Waals surface area contributed by atoms with Gasteiger partial charge in [-0.05, 0) is 12.8 Å².